The molecule has 3 nitrogen and oxygen atoms in total. The predicted octanol–water partition coefficient (Wildman–Crippen LogP) is 3.68. The van der Waals surface area contributed by atoms with Gasteiger partial charge in [0.15, 0.2) is 5.78 Å². The fourth-order valence-corrected chi connectivity index (χ4v) is 3.12. The second kappa shape index (κ2) is 6.09. The number of ketones is 1. The summed E-state index contributed by atoms with van der Waals surface area (Å²) in [6, 6.07) is 5.33. The third-order valence-corrected chi connectivity index (χ3v) is 4.30. The molecule has 1 aliphatic rings. The SMILES string of the molecule is CCC1CCCCC1C(=O)c1cc(OC)ccc1N. The number of nitrogen functional groups attached to an aromatic ring is 1. The first-order chi connectivity index (χ1) is 9.17. The summed E-state index contributed by atoms with van der Waals surface area (Å²) in [5.41, 5.74) is 7.15. The van der Waals surface area contributed by atoms with Gasteiger partial charge in [-0.3, -0.25) is 4.79 Å². The van der Waals surface area contributed by atoms with E-state index in [9.17, 15) is 4.79 Å². The van der Waals surface area contributed by atoms with Crippen LogP contribution in [0.3, 0.4) is 0 Å². The quantitative estimate of drug-likeness (QED) is 0.664. The Bertz CT molecular complexity index is 456. The van der Waals surface area contributed by atoms with Crippen LogP contribution in [0.25, 0.3) is 0 Å². The molecular weight excluding hydrogens is 238 g/mol. The van der Waals surface area contributed by atoms with Crippen molar-refractivity contribution in [3.63, 3.8) is 0 Å². The smallest absolute Gasteiger partial charge is 0.168 e. The first-order valence-electron chi connectivity index (χ1n) is 7.15. The lowest BCUT2D eigenvalue weighted by Crippen LogP contribution is -2.27. The Morgan fingerprint density at radius 2 is 2.11 bits per heavy atom. The van der Waals surface area contributed by atoms with Gasteiger partial charge in [-0.1, -0.05) is 26.2 Å². The molecule has 1 saturated carbocycles. The van der Waals surface area contributed by atoms with Crippen LogP contribution in [0.15, 0.2) is 18.2 Å². The highest BCUT2D eigenvalue weighted by molar-refractivity contribution is 6.02. The maximum absolute atomic E-state index is 12.7. The second-order valence-corrected chi connectivity index (χ2v) is 5.38. The average Bonchev–Trinajstić information content (AvgIpc) is 2.47. The number of methoxy groups -OCH3 is 1. The molecule has 1 fully saturated rings. The highest BCUT2D eigenvalue weighted by Gasteiger charge is 2.31. The summed E-state index contributed by atoms with van der Waals surface area (Å²) >= 11 is 0. The highest BCUT2D eigenvalue weighted by Crippen LogP contribution is 2.36. The maximum atomic E-state index is 12.7. The zero-order valence-electron chi connectivity index (χ0n) is 11.8. The van der Waals surface area contributed by atoms with Gasteiger partial charge in [0, 0.05) is 17.2 Å². The van der Waals surface area contributed by atoms with E-state index >= 15 is 0 Å². The Labute approximate surface area is 115 Å². The number of carbonyl (C=O) groups is 1. The van der Waals surface area contributed by atoms with Crippen LogP contribution < -0.4 is 10.5 Å². The number of anilines is 1. The van der Waals surface area contributed by atoms with Crippen LogP contribution in [-0.2, 0) is 0 Å². The van der Waals surface area contributed by atoms with Crippen molar-refractivity contribution in [2.24, 2.45) is 11.8 Å². The molecule has 19 heavy (non-hydrogen) atoms. The zero-order chi connectivity index (χ0) is 13.8. The largest absolute Gasteiger partial charge is 0.497 e. The Kier molecular flexibility index (Phi) is 4.46. The van der Waals surface area contributed by atoms with Gasteiger partial charge in [-0.25, -0.2) is 0 Å². The number of Topliss-reactive ketones (excluding diaryl/α,β-unsaturated/α-hetero) is 1. The first-order valence-corrected chi connectivity index (χ1v) is 7.15. The highest BCUT2D eigenvalue weighted by atomic mass is 16.5. The molecule has 1 aromatic carbocycles. The van der Waals surface area contributed by atoms with Crippen molar-refractivity contribution in [1.82, 2.24) is 0 Å². The van der Waals surface area contributed by atoms with E-state index in [0.717, 1.165) is 25.7 Å². The van der Waals surface area contributed by atoms with Gasteiger partial charge in [-0.05, 0) is 37.0 Å². The topological polar surface area (TPSA) is 52.3 Å². The fraction of sp³-hybridized carbons (Fsp3) is 0.562. The molecule has 104 valence electrons. The molecule has 0 aliphatic heterocycles. The van der Waals surface area contributed by atoms with Crippen molar-refractivity contribution >= 4 is 11.5 Å². The number of nitrogens with two attached hydrogens (primary N) is 1. The number of hydrogen-bond donors (Lipinski definition) is 1. The van der Waals surface area contributed by atoms with Gasteiger partial charge >= 0.3 is 0 Å². The normalized spacial score (nSPS) is 23.1. The Morgan fingerprint density at radius 3 is 2.79 bits per heavy atom. The van der Waals surface area contributed by atoms with Crippen molar-refractivity contribution in [3.05, 3.63) is 23.8 Å². The summed E-state index contributed by atoms with van der Waals surface area (Å²) in [7, 11) is 1.61. The maximum Gasteiger partial charge on any atom is 0.168 e. The van der Waals surface area contributed by atoms with Gasteiger partial charge in [0.2, 0.25) is 0 Å². The van der Waals surface area contributed by atoms with Gasteiger partial charge in [-0.2, -0.15) is 0 Å². The summed E-state index contributed by atoms with van der Waals surface area (Å²) in [5.74, 6) is 1.53. The minimum atomic E-state index is 0.133. The van der Waals surface area contributed by atoms with E-state index in [-0.39, 0.29) is 11.7 Å². The molecule has 2 rings (SSSR count). The number of hydrogen-bond acceptors (Lipinski definition) is 3. The molecule has 0 amide bonds. The Balaban J connectivity index is 2.27. The van der Waals surface area contributed by atoms with Gasteiger partial charge in [0.05, 0.1) is 7.11 Å². The third-order valence-electron chi connectivity index (χ3n) is 4.30. The molecule has 0 spiro atoms. The van der Waals surface area contributed by atoms with Gasteiger partial charge in [0.25, 0.3) is 0 Å². The minimum absolute atomic E-state index is 0.133. The average molecular weight is 261 g/mol. The lowest BCUT2D eigenvalue weighted by atomic mass is 9.74. The van der Waals surface area contributed by atoms with Crippen LogP contribution >= 0.6 is 0 Å². The number of benzene rings is 1. The van der Waals surface area contributed by atoms with Gasteiger partial charge in [-0.15, -0.1) is 0 Å². The standard InChI is InChI=1S/C16H23NO2/c1-3-11-6-4-5-7-13(11)16(18)14-10-12(19-2)8-9-15(14)17/h8-11,13H,3-7,17H2,1-2H3. The number of carbonyl (C=O) groups excluding carboxylic acids is 1. The number of ether oxygens (including phenoxy) is 1. The van der Waals surface area contributed by atoms with Gasteiger partial charge in [0.1, 0.15) is 5.75 Å². The molecule has 2 unspecified atom stereocenters. The van der Waals surface area contributed by atoms with Crippen molar-refractivity contribution in [2.75, 3.05) is 12.8 Å². The molecule has 2 atom stereocenters. The van der Waals surface area contributed by atoms with Crippen LogP contribution in [-0.4, -0.2) is 12.9 Å². The molecule has 0 bridgehead atoms. The molecular formula is C16H23NO2. The van der Waals surface area contributed by atoms with E-state index in [0.29, 0.717) is 22.9 Å². The molecule has 3 heteroatoms. The molecule has 0 saturated heterocycles. The molecule has 0 heterocycles. The first kappa shape index (κ1) is 13.9. The second-order valence-electron chi connectivity index (χ2n) is 5.38. The Morgan fingerprint density at radius 1 is 1.37 bits per heavy atom. The number of rotatable bonds is 4. The molecule has 2 N–H and O–H groups in total. The van der Waals surface area contributed by atoms with E-state index in [1.54, 1.807) is 25.3 Å². The van der Waals surface area contributed by atoms with Crippen LogP contribution in [0.4, 0.5) is 5.69 Å². The fourth-order valence-electron chi connectivity index (χ4n) is 3.12. The molecule has 0 radical (unpaired) electrons. The predicted molar refractivity (Wildman–Crippen MR) is 77.5 cm³/mol. The van der Waals surface area contributed by atoms with Gasteiger partial charge < -0.3 is 10.5 Å². The lowest BCUT2D eigenvalue weighted by molar-refractivity contribution is 0.0821. The molecule has 1 aromatic rings. The Hall–Kier alpha value is -1.51. The van der Waals surface area contributed by atoms with E-state index in [2.05, 4.69) is 6.92 Å². The van der Waals surface area contributed by atoms with Crippen molar-refractivity contribution in [2.45, 2.75) is 39.0 Å². The van der Waals surface area contributed by atoms with Crippen molar-refractivity contribution in [1.29, 1.82) is 0 Å². The molecule has 1 aliphatic carbocycles. The summed E-state index contributed by atoms with van der Waals surface area (Å²) in [6.07, 6.45) is 5.62. The van der Waals surface area contributed by atoms with Crippen LogP contribution in [0, 0.1) is 11.8 Å². The third kappa shape index (κ3) is 2.91. The molecule has 0 aromatic heterocycles. The summed E-state index contributed by atoms with van der Waals surface area (Å²) in [4.78, 5) is 12.7. The van der Waals surface area contributed by atoms with E-state index in [1.165, 1.54) is 6.42 Å². The summed E-state index contributed by atoms with van der Waals surface area (Å²) in [6.45, 7) is 2.17. The lowest BCUT2D eigenvalue weighted by Gasteiger charge is -2.30. The van der Waals surface area contributed by atoms with Crippen LogP contribution in [0.1, 0.15) is 49.4 Å². The van der Waals surface area contributed by atoms with E-state index < -0.39 is 0 Å². The summed E-state index contributed by atoms with van der Waals surface area (Å²) < 4.78 is 5.19. The minimum Gasteiger partial charge on any atom is -0.497 e. The van der Waals surface area contributed by atoms with Crippen LogP contribution in [0.2, 0.25) is 0 Å². The van der Waals surface area contributed by atoms with Crippen molar-refractivity contribution in [3.8, 4) is 5.75 Å². The zero-order valence-corrected chi connectivity index (χ0v) is 11.8. The van der Waals surface area contributed by atoms with E-state index in [1.807, 2.05) is 0 Å². The van der Waals surface area contributed by atoms with Crippen LogP contribution in [0.5, 0.6) is 5.75 Å². The van der Waals surface area contributed by atoms with E-state index in [4.69, 9.17) is 10.5 Å². The van der Waals surface area contributed by atoms with Crippen molar-refractivity contribution < 1.29 is 9.53 Å². The monoisotopic (exact) mass is 261 g/mol. The summed E-state index contributed by atoms with van der Waals surface area (Å²) in [5, 5.41) is 0.